The zero-order valence-corrected chi connectivity index (χ0v) is 30.3. The summed E-state index contributed by atoms with van der Waals surface area (Å²) in [5.74, 6) is -0.696. The molecule has 1 N–H and O–H groups in total. The first-order chi connectivity index (χ1) is 23.0. The van der Waals surface area contributed by atoms with Crippen molar-refractivity contribution >= 4 is 43.5 Å². The van der Waals surface area contributed by atoms with E-state index in [0.29, 0.717) is 5.69 Å². The van der Waals surface area contributed by atoms with Gasteiger partial charge in [0.25, 0.3) is 10.0 Å². The number of aryl methyl sites for hydroxylation is 3. The van der Waals surface area contributed by atoms with Crippen LogP contribution in [-0.2, 0) is 32.6 Å². The van der Waals surface area contributed by atoms with Crippen molar-refractivity contribution in [1.29, 1.82) is 0 Å². The summed E-state index contributed by atoms with van der Waals surface area (Å²) >= 11 is 3.55. The molecule has 48 heavy (non-hydrogen) atoms. The van der Waals surface area contributed by atoms with Crippen LogP contribution in [0.2, 0.25) is 0 Å². The van der Waals surface area contributed by atoms with Crippen LogP contribution in [0.5, 0.6) is 0 Å². The third-order valence-electron chi connectivity index (χ3n) is 8.85. The zero-order chi connectivity index (χ0) is 34.3. The molecule has 1 fully saturated rings. The van der Waals surface area contributed by atoms with E-state index >= 15 is 0 Å². The Labute approximate surface area is 293 Å². The van der Waals surface area contributed by atoms with Gasteiger partial charge in [-0.3, -0.25) is 13.9 Å². The van der Waals surface area contributed by atoms with Crippen molar-refractivity contribution in [1.82, 2.24) is 10.2 Å². The summed E-state index contributed by atoms with van der Waals surface area (Å²) in [5, 5.41) is 3.26. The lowest BCUT2D eigenvalue weighted by Crippen LogP contribution is -2.55. The Morgan fingerprint density at radius 3 is 2.08 bits per heavy atom. The number of sulfonamides is 1. The number of carbonyl (C=O) groups is 2. The van der Waals surface area contributed by atoms with Crippen LogP contribution in [0.15, 0.2) is 106 Å². The summed E-state index contributed by atoms with van der Waals surface area (Å²) in [6, 6.07) is 28.6. The normalized spacial score (nSPS) is 14.2. The molecule has 0 bridgehead atoms. The van der Waals surface area contributed by atoms with E-state index in [-0.39, 0.29) is 29.8 Å². The fraction of sp³-hybridized carbons (Fsp3) is 0.333. The number of benzene rings is 4. The summed E-state index contributed by atoms with van der Waals surface area (Å²) in [7, 11) is -4.16. The van der Waals surface area contributed by atoms with Crippen LogP contribution in [0.3, 0.4) is 0 Å². The number of halogens is 1. The smallest absolute Gasteiger partial charge is 0.264 e. The predicted molar refractivity (Wildman–Crippen MR) is 195 cm³/mol. The average molecular weight is 731 g/mol. The largest absolute Gasteiger partial charge is 0.352 e. The molecule has 7 nitrogen and oxygen atoms in total. The molecule has 4 aromatic rings. The van der Waals surface area contributed by atoms with Crippen LogP contribution in [0.1, 0.15) is 59.9 Å². The quantitative estimate of drug-likeness (QED) is 0.162. The molecule has 9 heteroatoms. The summed E-state index contributed by atoms with van der Waals surface area (Å²) in [6.45, 7) is 5.35. The molecule has 1 saturated carbocycles. The molecule has 0 saturated heterocycles. The molecule has 0 spiro atoms. The first-order valence-electron chi connectivity index (χ1n) is 16.6. The van der Waals surface area contributed by atoms with Crippen LogP contribution in [-0.4, -0.2) is 43.8 Å². The lowest BCUT2D eigenvalue weighted by atomic mass is 9.94. The zero-order valence-electron chi connectivity index (χ0n) is 27.9. The fourth-order valence-corrected chi connectivity index (χ4v) is 8.24. The second-order valence-corrected chi connectivity index (χ2v) is 15.6. The van der Waals surface area contributed by atoms with E-state index in [1.807, 2.05) is 81.4 Å². The minimum atomic E-state index is -4.16. The third kappa shape index (κ3) is 9.14. The molecule has 1 aliphatic rings. The fourth-order valence-electron chi connectivity index (χ4n) is 6.39. The molecule has 0 aromatic heterocycles. The van der Waals surface area contributed by atoms with Gasteiger partial charge in [-0.15, -0.1) is 0 Å². The Balaban J connectivity index is 1.58. The number of amides is 2. The second-order valence-electron chi connectivity index (χ2n) is 12.9. The molecule has 5 rings (SSSR count). The van der Waals surface area contributed by atoms with Gasteiger partial charge in [-0.2, -0.15) is 0 Å². The van der Waals surface area contributed by atoms with Crippen molar-refractivity contribution in [2.45, 2.75) is 82.8 Å². The number of hydrogen-bond donors (Lipinski definition) is 1. The van der Waals surface area contributed by atoms with E-state index in [2.05, 4.69) is 21.2 Å². The molecule has 1 aliphatic carbocycles. The first kappa shape index (κ1) is 35.4. The highest BCUT2D eigenvalue weighted by atomic mass is 79.9. The topological polar surface area (TPSA) is 86.8 Å². The van der Waals surface area contributed by atoms with Gasteiger partial charge in [-0.05, 0) is 92.3 Å². The summed E-state index contributed by atoms with van der Waals surface area (Å²) in [4.78, 5) is 30.7. The predicted octanol–water partition coefficient (Wildman–Crippen LogP) is 7.66. The molecular formula is C39H44BrN3O4S. The number of carbonyl (C=O) groups excluding carboxylic acids is 2. The molecule has 1 unspecified atom stereocenters. The van der Waals surface area contributed by atoms with Crippen LogP contribution < -0.4 is 9.62 Å². The van der Waals surface area contributed by atoms with E-state index in [4.69, 9.17) is 0 Å². The van der Waals surface area contributed by atoms with E-state index < -0.39 is 28.5 Å². The molecular weight excluding hydrogens is 686 g/mol. The maximum atomic E-state index is 14.8. The lowest BCUT2D eigenvalue weighted by molar-refractivity contribution is -0.140. The maximum Gasteiger partial charge on any atom is 0.264 e. The number of nitrogens with one attached hydrogen (secondary N) is 1. The van der Waals surface area contributed by atoms with Gasteiger partial charge >= 0.3 is 0 Å². The Bertz CT molecular complexity index is 1800. The summed E-state index contributed by atoms with van der Waals surface area (Å²) in [5.41, 5.74) is 4.81. The van der Waals surface area contributed by atoms with Gasteiger partial charge in [-0.25, -0.2) is 8.42 Å². The highest BCUT2D eigenvalue weighted by Crippen LogP contribution is 2.28. The van der Waals surface area contributed by atoms with Crippen molar-refractivity contribution in [3.8, 4) is 0 Å². The van der Waals surface area contributed by atoms with Crippen LogP contribution in [0.25, 0.3) is 0 Å². The van der Waals surface area contributed by atoms with Gasteiger partial charge in [0.2, 0.25) is 11.8 Å². The van der Waals surface area contributed by atoms with E-state index in [1.165, 1.54) is 4.31 Å². The Hall–Kier alpha value is -3.95. The van der Waals surface area contributed by atoms with Gasteiger partial charge in [0.05, 0.1) is 10.6 Å². The van der Waals surface area contributed by atoms with Crippen LogP contribution in [0.4, 0.5) is 5.69 Å². The highest BCUT2D eigenvalue weighted by molar-refractivity contribution is 9.10. The minimum Gasteiger partial charge on any atom is -0.352 e. The highest BCUT2D eigenvalue weighted by Gasteiger charge is 2.35. The molecule has 0 aliphatic heterocycles. The standard InChI is InChI=1S/C39H44BrN3O4S/c1-28-17-19-36(20-18-28)48(46,47)43(35-22-29(2)21-30(3)23-35)27-38(44)42(26-32-13-10-14-33(40)24-32)37(25-31-11-6-4-7-12-31)39(45)41-34-15-8-5-9-16-34/h4,6-7,10-14,17-24,34,37H,5,8-9,15-16,25-27H2,1-3H3,(H,41,45). The Kier molecular flexibility index (Phi) is 11.8. The average Bonchev–Trinajstić information content (AvgIpc) is 3.05. The van der Waals surface area contributed by atoms with Crippen LogP contribution in [0, 0.1) is 20.8 Å². The monoisotopic (exact) mass is 729 g/mol. The summed E-state index contributed by atoms with van der Waals surface area (Å²) < 4.78 is 30.7. The van der Waals surface area contributed by atoms with Crippen LogP contribution >= 0.6 is 15.9 Å². The third-order valence-corrected chi connectivity index (χ3v) is 11.1. The molecule has 2 amide bonds. The van der Waals surface area contributed by atoms with Gasteiger partial charge in [0.1, 0.15) is 12.6 Å². The number of rotatable bonds is 12. The minimum absolute atomic E-state index is 0.0426. The Morgan fingerprint density at radius 2 is 1.44 bits per heavy atom. The molecule has 1 atom stereocenters. The van der Waals surface area contributed by atoms with Gasteiger partial charge in [0.15, 0.2) is 0 Å². The van der Waals surface area contributed by atoms with Gasteiger partial charge in [-0.1, -0.05) is 101 Å². The lowest BCUT2D eigenvalue weighted by Gasteiger charge is -2.35. The van der Waals surface area contributed by atoms with E-state index in [1.54, 1.807) is 41.3 Å². The van der Waals surface area contributed by atoms with E-state index in [0.717, 1.165) is 64.4 Å². The van der Waals surface area contributed by atoms with Crippen molar-refractivity contribution in [3.05, 3.63) is 129 Å². The van der Waals surface area contributed by atoms with Gasteiger partial charge in [0, 0.05) is 23.5 Å². The van der Waals surface area contributed by atoms with Crippen molar-refractivity contribution in [2.24, 2.45) is 0 Å². The Morgan fingerprint density at radius 1 is 0.792 bits per heavy atom. The van der Waals surface area contributed by atoms with Crippen molar-refractivity contribution in [3.63, 3.8) is 0 Å². The number of nitrogens with zero attached hydrogens (tertiary/aromatic N) is 2. The van der Waals surface area contributed by atoms with Crippen molar-refractivity contribution < 1.29 is 18.0 Å². The number of hydrogen-bond acceptors (Lipinski definition) is 4. The SMILES string of the molecule is Cc1ccc(S(=O)(=O)N(CC(=O)N(Cc2cccc(Br)c2)C(Cc2ccccc2)C(=O)NC2CCCCC2)c2cc(C)cc(C)c2)cc1. The maximum absolute atomic E-state index is 14.8. The second kappa shape index (κ2) is 16.0. The van der Waals surface area contributed by atoms with E-state index in [9.17, 15) is 18.0 Å². The number of anilines is 1. The molecule has 4 aromatic carbocycles. The van der Waals surface area contributed by atoms with Gasteiger partial charge < -0.3 is 10.2 Å². The molecule has 0 heterocycles. The first-order valence-corrected chi connectivity index (χ1v) is 18.8. The summed E-state index contributed by atoms with van der Waals surface area (Å²) in [6.07, 6.45) is 5.34. The van der Waals surface area contributed by atoms with Crippen molar-refractivity contribution in [2.75, 3.05) is 10.8 Å². The molecule has 0 radical (unpaired) electrons. The molecule has 252 valence electrons.